The third kappa shape index (κ3) is 4.91. The van der Waals surface area contributed by atoms with Crippen molar-refractivity contribution in [2.24, 2.45) is 0 Å². The van der Waals surface area contributed by atoms with E-state index in [1.165, 1.54) is 0 Å². The van der Waals surface area contributed by atoms with Crippen LogP contribution in [0, 0.1) is 6.07 Å². The van der Waals surface area contributed by atoms with Gasteiger partial charge in [-0.15, -0.1) is 35.9 Å². The largest absolute Gasteiger partial charge is 0.358 e. The maximum absolute atomic E-state index is 4.22. The first-order chi connectivity index (χ1) is 11.4. The molecule has 1 radical (unpaired) electrons. The van der Waals surface area contributed by atoms with Gasteiger partial charge in [0.15, 0.2) is 0 Å². The molecule has 0 aliphatic carbocycles. The molecule has 0 N–H and O–H groups in total. The second kappa shape index (κ2) is 9.45. The minimum Gasteiger partial charge on any atom is -0.358 e. The number of nitrogens with zero attached hydrogens (tertiary/aromatic N) is 5. The Kier molecular flexibility index (Phi) is 6.95. The second-order valence-corrected chi connectivity index (χ2v) is 4.53. The van der Waals surface area contributed by atoms with Crippen LogP contribution in [-0.4, -0.2) is 20.3 Å². The van der Waals surface area contributed by atoms with Crippen molar-refractivity contribution in [3.05, 3.63) is 85.3 Å². The summed E-state index contributed by atoms with van der Waals surface area (Å²) < 4.78 is 0. The van der Waals surface area contributed by atoms with Crippen molar-refractivity contribution in [3.8, 4) is 22.6 Å². The van der Waals surface area contributed by atoms with E-state index in [-0.39, 0.29) is 20.1 Å². The number of benzene rings is 1. The monoisotopic (exact) mass is 492 g/mol. The molecular weight excluding hydrogens is 478 g/mol. The molecule has 6 heteroatoms. The van der Waals surface area contributed by atoms with Crippen LogP contribution in [0.2, 0.25) is 0 Å². The summed E-state index contributed by atoms with van der Waals surface area (Å²) in [7, 11) is 0. The zero-order chi connectivity index (χ0) is 15.7. The number of hydrogen-bond donors (Lipinski definition) is 0. The quantitative estimate of drug-likeness (QED) is 0.404. The molecule has 0 atom stereocenters. The fraction of sp³-hybridized carbons (Fsp3) is 0. The third-order valence-electron chi connectivity index (χ3n) is 2.96. The van der Waals surface area contributed by atoms with Crippen LogP contribution in [0.15, 0.2) is 79.3 Å². The molecule has 0 aliphatic heterocycles. The molecule has 4 aromatic rings. The van der Waals surface area contributed by atoms with Crippen molar-refractivity contribution in [1.82, 2.24) is 25.4 Å². The maximum atomic E-state index is 4.22. The fourth-order valence-corrected chi connectivity index (χ4v) is 1.89. The van der Waals surface area contributed by atoms with Gasteiger partial charge in [-0.25, -0.2) is 0 Å². The van der Waals surface area contributed by atoms with Gasteiger partial charge in [0.05, 0.1) is 5.69 Å². The second-order valence-electron chi connectivity index (χ2n) is 4.53. The van der Waals surface area contributed by atoms with E-state index in [0.29, 0.717) is 5.69 Å². The predicted molar refractivity (Wildman–Crippen MR) is 87.1 cm³/mol. The van der Waals surface area contributed by atoms with E-state index in [2.05, 4.69) is 31.4 Å². The van der Waals surface area contributed by atoms with Crippen LogP contribution in [0.4, 0.5) is 0 Å². The van der Waals surface area contributed by atoms with E-state index < -0.39 is 0 Å². The molecule has 24 heavy (non-hydrogen) atoms. The van der Waals surface area contributed by atoms with Crippen molar-refractivity contribution < 1.29 is 20.1 Å². The maximum Gasteiger partial charge on any atom is 0.0671 e. The van der Waals surface area contributed by atoms with Gasteiger partial charge in [0.25, 0.3) is 0 Å². The summed E-state index contributed by atoms with van der Waals surface area (Å²) in [6, 6.07) is 22.4. The van der Waals surface area contributed by atoms with E-state index in [1.54, 1.807) is 18.6 Å². The van der Waals surface area contributed by atoms with Crippen molar-refractivity contribution >= 4 is 0 Å². The van der Waals surface area contributed by atoms with Crippen LogP contribution < -0.4 is 5.10 Å². The van der Waals surface area contributed by atoms with Gasteiger partial charge in [-0.2, -0.15) is 0 Å². The van der Waals surface area contributed by atoms with E-state index in [0.717, 1.165) is 17.0 Å². The summed E-state index contributed by atoms with van der Waals surface area (Å²) in [6.45, 7) is 0. The number of hydrogen-bond acceptors (Lipinski definition) is 4. The van der Waals surface area contributed by atoms with Gasteiger partial charge < -0.3 is 15.2 Å². The Labute approximate surface area is 153 Å². The van der Waals surface area contributed by atoms with Crippen LogP contribution >= 0.6 is 0 Å². The van der Waals surface area contributed by atoms with Crippen molar-refractivity contribution in [2.75, 3.05) is 0 Å². The normalized spacial score (nSPS) is 9.33. The predicted octanol–water partition coefficient (Wildman–Crippen LogP) is 3.04. The SMILES string of the molecule is [Ir].[c-]1ccccc1-c1ccccn1.c1ccc(-c2cnn[n-]2)nc1. The first-order valence-electron chi connectivity index (χ1n) is 7.04. The zero-order valence-corrected chi connectivity index (χ0v) is 15.0. The Balaban J connectivity index is 0.000000167. The van der Waals surface area contributed by atoms with Gasteiger partial charge in [0.1, 0.15) is 0 Å². The van der Waals surface area contributed by atoms with Gasteiger partial charge in [0.2, 0.25) is 0 Å². The Morgan fingerprint density at radius 3 is 2.04 bits per heavy atom. The van der Waals surface area contributed by atoms with Gasteiger partial charge in [0, 0.05) is 32.5 Å². The molecule has 0 bridgehead atoms. The first kappa shape index (κ1) is 17.7. The molecule has 0 unspecified atom stereocenters. The van der Waals surface area contributed by atoms with Crippen LogP contribution in [0.3, 0.4) is 0 Å². The van der Waals surface area contributed by atoms with Crippen LogP contribution in [-0.2, 0) is 20.1 Å². The Morgan fingerprint density at radius 2 is 1.50 bits per heavy atom. The number of aromatic nitrogens is 5. The van der Waals surface area contributed by atoms with Gasteiger partial charge in [-0.1, -0.05) is 24.4 Å². The van der Waals surface area contributed by atoms with E-state index >= 15 is 0 Å². The van der Waals surface area contributed by atoms with E-state index in [9.17, 15) is 0 Å². The molecule has 0 aliphatic rings. The molecule has 3 heterocycles. The van der Waals surface area contributed by atoms with Gasteiger partial charge in [-0.05, 0) is 29.6 Å². The van der Waals surface area contributed by atoms with Gasteiger partial charge in [-0.3, -0.25) is 10.2 Å². The standard InChI is InChI=1S/C11H8N.C7H5N4.Ir/c1-2-6-10(7-3-1)11-8-4-5-9-12-11;1-2-4-8-6(3-1)7-5-9-11-10-7;/h1-6,8-9H;1-5H;/q2*-1;. The minimum absolute atomic E-state index is 0. The fourth-order valence-electron chi connectivity index (χ4n) is 1.89. The molecule has 0 spiro atoms. The van der Waals surface area contributed by atoms with Gasteiger partial charge >= 0.3 is 0 Å². The molecule has 5 nitrogen and oxygen atoms in total. The van der Waals surface area contributed by atoms with E-state index in [1.807, 2.05) is 60.7 Å². The minimum atomic E-state index is 0. The number of pyridine rings is 2. The van der Waals surface area contributed by atoms with Crippen molar-refractivity contribution in [3.63, 3.8) is 0 Å². The summed E-state index contributed by atoms with van der Waals surface area (Å²) in [5, 5.41) is 10.8. The molecule has 0 saturated heterocycles. The third-order valence-corrected chi connectivity index (χ3v) is 2.96. The first-order valence-corrected chi connectivity index (χ1v) is 7.04. The van der Waals surface area contributed by atoms with E-state index in [4.69, 9.17) is 0 Å². The summed E-state index contributed by atoms with van der Waals surface area (Å²) in [5.41, 5.74) is 3.53. The van der Waals surface area contributed by atoms with Crippen LogP contribution in [0.5, 0.6) is 0 Å². The molecular formula is C18H13IrN5-2. The summed E-state index contributed by atoms with van der Waals surface area (Å²) in [5.74, 6) is 0. The zero-order valence-electron chi connectivity index (χ0n) is 12.6. The molecule has 1 aromatic carbocycles. The Hall–Kier alpha value is -2.69. The number of rotatable bonds is 2. The van der Waals surface area contributed by atoms with Crippen LogP contribution in [0.25, 0.3) is 22.6 Å². The molecule has 0 saturated carbocycles. The van der Waals surface area contributed by atoms with Crippen molar-refractivity contribution in [1.29, 1.82) is 0 Å². The van der Waals surface area contributed by atoms with Crippen molar-refractivity contribution in [2.45, 2.75) is 0 Å². The average molecular weight is 492 g/mol. The van der Waals surface area contributed by atoms with Crippen LogP contribution in [0.1, 0.15) is 0 Å². The smallest absolute Gasteiger partial charge is 0.0671 e. The Morgan fingerprint density at radius 1 is 0.792 bits per heavy atom. The topological polar surface area (TPSA) is 65.7 Å². The molecule has 0 amide bonds. The molecule has 121 valence electrons. The molecule has 3 aromatic heterocycles. The average Bonchev–Trinajstić information content (AvgIpc) is 3.19. The summed E-state index contributed by atoms with van der Waals surface area (Å²) in [4.78, 5) is 8.30. The summed E-state index contributed by atoms with van der Waals surface area (Å²) in [6.07, 6.45) is 5.09. The summed E-state index contributed by atoms with van der Waals surface area (Å²) >= 11 is 0. The molecule has 4 rings (SSSR count). The Bertz CT molecular complexity index is 768. The molecule has 0 fully saturated rings.